The summed E-state index contributed by atoms with van der Waals surface area (Å²) in [4.78, 5) is 12.6. The van der Waals surface area contributed by atoms with Gasteiger partial charge in [-0.2, -0.15) is 0 Å². The van der Waals surface area contributed by atoms with E-state index in [1.54, 1.807) is 0 Å². The SMILES string of the molecule is C[C@H]1CCC=C2C[C@H]3OC(=O)[C@@H](CNCc4ccccc4Cl)[C@H]3[C@H](O)[C@@]21C. The van der Waals surface area contributed by atoms with E-state index in [0.717, 1.165) is 24.8 Å². The fourth-order valence-corrected chi connectivity index (χ4v) is 5.50. The number of aliphatic hydroxyl groups excluding tert-OH is 1. The van der Waals surface area contributed by atoms with Crippen LogP contribution in [-0.2, 0) is 16.1 Å². The highest BCUT2D eigenvalue weighted by Crippen LogP contribution is 2.55. The molecule has 5 heteroatoms. The summed E-state index contributed by atoms with van der Waals surface area (Å²) in [5, 5.41) is 15.4. The topological polar surface area (TPSA) is 58.6 Å². The molecule has 27 heavy (non-hydrogen) atoms. The van der Waals surface area contributed by atoms with Crippen LogP contribution in [0.4, 0.5) is 0 Å². The zero-order chi connectivity index (χ0) is 19.2. The van der Waals surface area contributed by atoms with Gasteiger partial charge in [0.15, 0.2) is 0 Å². The molecule has 0 amide bonds. The fraction of sp³-hybridized carbons (Fsp3) is 0.591. The third-order valence-electron chi connectivity index (χ3n) is 7.21. The van der Waals surface area contributed by atoms with E-state index in [0.29, 0.717) is 24.0 Å². The molecule has 1 saturated carbocycles. The highest BCUT2D eigenvalue weighted by molar-refractivity contribution is 6.31. The number of hydrogen-bond acceptors (Lipinski definition) is 4. The first-order valence-corrected chi connectivity index (χ1v) is 10.3. The minimum Gasteiger partial charge on any atom is -0.461 e. The monoisotopic (exact) mass is 389 g/mol. The van der Waals surface area contributed by atoms with Crippen molar-refractivity contribution in [3.05, 3.63) is 46.5 Å². The van der Waals surface area contributed by atoms with Gasteiger partial charge >= 0.3 is 5.97 Å². The molecule has 4 rings (SSSR count). The lowest BCUT2D eigenvalue weighted by molar-refractivity contribution is -0.144. The van der Waals surface area contributed by atoms with Gasteiger partial charge in [0, 0.05) is 35.9 Å². The number of ether oxygens (including phenoxy) is 1. The summed E-state index contributed by atoms with van der Waals surface area (Å²) in [6.07, 6.45) is 4.39. The lowest BCUT2D eigenvalue weighted by Crippen LogP contribution is -2.54. The Hall–Kier alpha value is -1.36. The van der Waals surface area contributed by atoms with Crippen molar-refractivity contribution in [3.63, 3.8) is 0 Å². The standard InChI is InChI=1S/C22H28ClNO3/c1-13-6-5-8-15-10-18-19(20(25)22(13,15)2)16(21(26)27-18)12-24-11-14-7-3-4-9-17(14)23/h3-4,7-9,13,16,18-20,24-25H,5-6,10-12H2,1-2H3/t13-,16-,18+,19+,20-,22+/m0/s1. The average molecular weight is 390 g/mol. The van der Waals surface area contributed by atoms with Gasteiger partial charge in [-0.15, -0.1) is 0 Å². The Kier molecular flexibility index (Phi) is 5.08. The van der Waals surface area contributed by atoms with Crippen LogP contribution in [0.1, 0.15) is 38.7 Å². The number of carbonyl (C=O) groups excluding carboxylic acids is 1. The summed E-state index contributed by atoms with van der Waals surface area (Å²) >= 11 is 6.21. The molecule has 1 heterocycles. The minimum atomic E-state index is -0.559. The van der Waals surface area contributed by atoms with Gasteiger partial charge in [0.1, 0.15) is 6.10 Å². The van der Waals surface area contributed by atoms with E-state index in [4.69, 9.17) is 16.3 Å². The van der Waals surface area contributed by atoms with Crippen molar-refractivity contribution < 1.29 is 14.6 Å². The number of esters is 1. The summed E-state index contributed by atoms with van der Waals surface area (Å²) < 4.78 is 5.70. The second kappa shape index (κ2) is 7.23. The molecule has 0 radical (unpaired) electrons. The van der Waals surface area contributed by atoms with E-state index < -0.39 is 6.10 Å². The molecular weight excluding hydrogens is 362 g/mol. The van der Waals surface area contributed by atoms with Gasteiger partial charge in [0.2, 0.25) is 0 Å². The molecule has 2 N–H and O–H groups in total. The molecule has 1 aliphatic heterocycles. The summed E-state index contributed by atoms with van der Waals surface area (Å²) in [6.45, 7) is 5.47. The second-order valence-corrected chi connectivity index (χ2v) is 8.93. The molecule has 4 nitrogen and oxygen atoms in total. The molecule has 3 aliphatic rings. The Morgan fingerprint density at radius 2 is 2.15 bits per heavy atom. The number of fused-ring (bicyclic) bond motifs is 2. The van der Waals surface area contributed by atoms with Crippen molar-refractivity contribution in [2.24, 2.45) is 23.2 Å². The molecule has 0 aromatic heterocycles. The van der Waals surface area contributed by atoms with E-state index in [9.17, 15) is 9.90 Å². The molecule has 0 spiro atoms. The molecule has 0 bridgehead atoms. The molecule has 1 aromatic carbocycles. The van der Waals surface area contributed by atoms with Gasteiger partial charge in [0.25, 0.3) is 0 Å². The van der Waals surface area contributed by atoms with E-state index in [1.165, 1.54) is 5.57 Å². The number of benzene rings is 1. The molecule has 2 fully saturated rings. The van der Waals surface area contributed by atoms with Crippen LogP contribution in [0.3, 0.4) is 0 Å². The zero-order valence-electron chi connectivity index (χ0n) is 16.0. The third kappa shape index (κ3) is 3.12. The summed E-state index contributed by atoms with van der Waals surface area (Å²) in [5.74, 6) is -0.258. The Morgan fingerprint density at radius 1 is 1.37 bits per heavy atom. The molecule has 0 unspecified atom stereocenters. The first-order chi connectivity index (χ1) is 12.9. The number of rotatable bonds is 4. The molecule has 6 atom stereocenters. The first kappa shape index (κ1) is 19.0. The van der Waals surface area contributed by atoms with Gasteiger partial charge in [-0.1, -0.05) is 55.3 Å². The van der Waals surface area contributed by atoms with Crippen LogP contribution in [0.15, 0.2) is 35.9 Å². The fourth-order valence-electron chi connectivity index (χ4n) is 5.30. The van der Waals surface area contributed by atoms with Crippen molar-refractivity contribution in [1.29, 1.82) is 0 Å². The van der Waals surface area contributed by atoms with Gasteiger partial charge in [-0.05, 0) is 30.4 Å². The van der Waals surface area contributed by atoms with E-state index in [1.807, 2.05) is 24.3 Å². The van der Waals surface area contributed by atoms with E-state index in [2.05, 4.69) is 25.2 Å². The Morgan fingerprint density at radius 3 is 2.93 bits per heavy atom. The largest absolute Gasteiger partial charge is 0.461 e. The number of hydrogen-bond donors (Lipinski definition) is 2. The molecule has 1 saturated heterocycles. The second-order valence-electron chi connectivity index (χ2n) is 8.52. The average Bonchev–Trinajstić information content (AvgIpc) is 2.95. The summed E-state index contributed by atoms with van der Waals surface area (Å²) in [7, 11) is 0. The summed E-state index contributed by atoms with van der Waals surface area (Å²) in [5.41, 5.74) is 2.02. The zero-order valence-corrected chi connectivity index (χ0v) is 16.7. The predicted molar refractivity (Wildman–Crippen MR) is 105 cm³/mol. The number of halogens is 1. The van der Waals surface area contributed by atoms with Crippen molar-refractivity contribution >= 4 is 17.6 Å². The quantitative estimate of drug-likeness (QED) is 0.608. The number of allylic oxidation sites excluding steroid dienone is 1. The molecule has 2 aliphatic carbocycles. The van der Waals surface area contributed by atoms with E-state index >= 15 is 0 Å². The van der Waals surface area contributed by atoms with Crippen molar-refractivity contribution in [2.75, 3.05) is 6.54 Å². The van der Waals surface area contributed by atoms with Gasteiger partial charge in [-0.3, -0.25) is 4.79 Å². The minimum absolute atomic E-state index is 0.154. The van der Waals surface area contributed by atoms with Crippen LogP contribution >= 0.6 is 11.6 Å². The van der Waals surface area contributed by atoms with Crippen LogP contribution in [0.25, 0.3) is 0 Å². The number of nitrogens with one attached hydrogen (secondary N) is 1. The maximum Gasteiger partial charge on any atom is 0.311 e. The predicted octanol–water partition coefficient (Wildman–Crippen LogP) is 3.71. The van der Waals surface area contributed by atoms with Gasteiger partial charge < -0.3 is 15.2 Å². The maximum absolute atomic E-state index is 12.6. The maximum atomic E-state index is 12.6. The normalized spacial score (nSPS) is 38.0. The highest BCUT2D eigenvalue weighted by atomic mass is 35.5. The van der Waals surface area contributed by atoms with Crippen LogP contribution in [-0.4, -0.2) is 29.8 Å². The molecular formula is C22H28ClNO3. The molecule has 1 aromatic rings. The number of aliphatic hydroxyl groups is 1. The van der Waals surface area contributed by atoms with Crippen molar-refractivity contribution in [1.82, 2.24) is 5.32 Å². The van der Waals surface area contributed by atoms with E-state index in [-0.39, 0.29) is 29.3 Å². The smallest absolute Gasteiger partial charge is 0.311 e. The number of carbonyl (C=O) groups is 1. The van der Waals surface area contributed by atoms with Crippen molar-refractivity contribution in [2.45, 2.75) is 51.9 Å². The Balaban J connectivity index is 1.50. The summed E-state index contributed by atoms with van der Waals surface area (Å²) in [6, 6.07) is 7.69. The first-order valence-electron chi connectivity index (χ1n) is 9.95. The molecule has 146 valence electrons. The lowest BCUT2D eigenvalue weighted by Gasteiger charge is -2.51. The van der Waals surface area contributed by atoms with Crippen molar-refractivity contribution in [3.8, 4) is 0 Å². The Bertz CT molecular complexity index is 764. The highest BCUT2D eigenvalue weighted by Gasteiger charge is 2.59. The van der Waals surface area contributed by atoms with Crippen LogP contribution in [0.2, 0.25) is 5.02 Å². The van der Waals surface area contributed by atoms with Gasteiger partial charge in [-0.25, -0.2) is 0 Å². The Labute approximate surface area is 165 Å². The van der Waals surface area contributed by atoms with Crippen LogP contribution < -0.4 is 5.32 Å². The van der Waals surface area contributed by atoms with Gasteiger partial charge in [0.05, 0.1) is 12.0 Å². The lowest BCUT2D eigenvalue weighted by atomic mass is 9.55. The van der Waals surface area contributed by atoms with Crippen LogP contribution in [0, 0.1) is 23.2 Å². The van der Waals surface area contributed by atoms with Crippen LogP contribution in [0.5, 0.6) is 0 Å². The third-order valence-corrected chi connectivity index (χ3v) is 7.58.